The van der Waals surface area contributed by atoms with Crippen LogP contribution in [0.1, 0.15) is 50.4 Å². The lowest BCUT2D eigenvalue weighted by molar-refractivity contribution is -0.132. The molecular formula is C27H36N4O3S. The van der Waals surface area contributed by atoms with E-state index in [1.54, 1.807) is 24.3 Å². The van der Waals surface area contributed by atoms with E-state index in [4.69, 9.17) is 17.0 Å². The van der Waals surface area contributed by atoms with Crippen LogP contribution in [0, 0.1) is 5.92 Å². The molecule has 3 rings (SSSR count). The summed E-state index contributed by atoms with van der Waals surface area (Å²) in [5.74, 6) is 1.10. The second-order valence-electron chi connectivity index (χ2n) is 9.15. The molecule has 2 aromatic carbocycles. The Balaban J connectivity index is 1.45. The Morgan fingerprint density at radius 1 is 1.00 bits per heavy atom. The number of carbonyl (C=O) groups excluding carboxylic acids is 2. The number of anilines is 2. The van der Waals surface area contributed by atoms with Crippen LogP contribution in [0.15, 0.2) is 48.5 Å². The summed E-state index contributed by atoms with van der Waals surface area (Å²) >= 11 is 5.32. The molecule has 0 saturated carbocycles. The van der Waals surface area contributed by atoms with Crippen LogP contribution in [0.4, 0.5) is 11.4 Å². The summed E-state index contributed by atoms with van der Waals surface area (Å²) in [6.45, 7) is 10.0. The predicted octanol–water partition coefficient (Wildman–Crippen LogP) is 4.69. The Morgan fingerprint density at radius 2 is 1.66 bits per heavy atom. The van der Waals surface area contributed by atoms with Gasteiger partial charge in [0.2, 0.25) is 5.91 Å². The Bertz CT molecular complexity index is 984. The number of hydrogen-bond acceptors (Lipinski definition) is 5. The quantitative estimate of drug-likeness (QED) is 0.388. The smallest absolute Gasteiger partial charge is 0.257 e. The molecule has 2 amide bonds. The summed E-state index contributed by atoms with van der Waals surface area (Å²) in [6, 6.07) is 15.0. The van der Waals surface area contributed by atoms with Gasteiger partial charge in [-0.05, 0) is 73.1 Å². The number of piperazine rings is 1. The second kappa shape index (κ2) is 13.1. The summed E-state index contributed by atoms with van der Waals surface area (Å²) in [4.78, 5) is 29.0. The molecule has 8 heteroatoms. The summed E-state index contributed by atoms with van der Waals surface area (Å²) in [5, 5.41) is 6.02. The largest absolute Gasteiger partial charge is 0.494 e. The van der Waals surface area contributed by atoms with Gasteiger partial charge in [0.05, 0.1) is 6.61 Å². The third-order valence-corrected chi connectivity index (χ3v) is 6.02. The van der Waals surface area contributed by atoms with Crippen molar-refractivity contribution in [3.8, 4) is 5.75 Å². The van der Waals surface area contributed by atoms with Gasteiger partial charge in [-0.1, -0.05) is 27.2 Å². The fraction of sp³-hybridized carbons (Fsp3) is 0.444. The maximum Gasteiger partial charge on any atom is 0.257 e. The molecule has 35 heavy (non-hydrogen) atoms. The van der Waals surface area contributed by atoms with Crippen LogP contribution < -0.4 is 20.3 Å². The lowest BCUT2D eigenvalue weighted by Gasteiger charge is -2.36. The molecule has 0 aromatic heterocycles. The van der Waals surface area contributed by atoms with Gasteiger partial charge in [-0.3, -0.25) is 14.9 Å². The van der Waals surface area contributed by atoms with Crippen LogP contribution in [0.2, 0.25) is 0 Å². The molecule has 0 atom stereocenters. The van der Waals surface area contributed by atoms with Crippen LogP contribution in [0.25, 0.3) is 0 Å². The molecule has 0 aliphatic carbocycles. The van der Waals surface area contributed by atoms with Crippen molar-refractivity contribution in [2.75, 3.05) is 43.0 Å². The van der Waals surface area contributed by atoms with Crippen LogP contribution >= 0.6 is 12.2 Å². The lowest BCUT2D eigenvalue weighted by Crippen LogP contribution is -2.49. The maximum absolute atomic E-state index is 12.5. The third-order valence-electron chi connectivity index (χ3n) is 5.82. The zero-order valence-corrected chi connectivity index (χ0v) is 21.7. The van der Waals surface area contributed by atoms with Crippen molar-refractivity contribution < 1.29 is 14.3 Å². The number of nitrogens with zero attached hydrogens (tertiary/aromatic N) is 2. The molecule has 0 bridgehead atoms. The topological polar surface area (TPSA) is 73.9 Å². The van der Waals surface area contributed by atoms with Crippen molar-refractivity contribution in [2.24, 2.45) is 5.92 Å². The minimum Gasteiger partial charge on any atom is -0.494 e. The minimum atomic E-state index is -0.274. The molecule has 0 spiro atoms. The SMILES string of the molecule is CCCCOc1ccc(C(=O)NC(=S)Nc2ccc(N3CCN(C(=O)CC(C)C)CC3)cc2)cc1. The van der Waals surface area contributed by atoms with E-state index in [0.717, 1.165) is 56.1 Å². The highest BCUT2D eigenvalue weighted by Crippen LogP contribution is 2.20. The number of rotatable bonds is 9. The van der Waals surface area contributed by atoms with Crippen molar-refractivity contribution in [2.45, 2.75) is 40.0 Å². The van der Waals surface area contributed by atoms with Crippen LogP contribution in [-0.4, -0.2) is 54.6 Å². The molecule has 7 nitrogen and oxygen atoms in total. The third kappa shape index (κ3) is 8.24. The van der Waals surface area contributed by atoms with E-state index >= 15 is 0 Å². The zero-order valence-electron chi connectivity index (χ0n) is 20.9. The predicted molar refractivity (Wildman–Crippen MR) is 145 cm³/mol. The first-order chi connectivity index (χ1) is 16.9. The molecule has 1 aliphatic rings. The van der Waals surface area contributed by atoms with Gasteiger partial charge >= 0.3 is 0 Å². The molecule has 188 valence electrons. The Hall–Kier alpha value is -3.13. The molecule has 1 aliphatic heterocycles. The number of unbranched alkanes of at least 4 members (excludes halogenated alkanes) is 1. The number of amides is 2. The van der Waals surface area contributed by atoms with Gasteiger partial charge in [0.1, 0.15) is 5.75 Å². The van der Waals surface area contributed by atoms with Crippen molar-refractivity contribution in [3.05, 3.63) is 54.1 Å². The van der Waals surface area contributed by atoms with E-state index < -0.39 is 0 Å². The van der Waals surface area contributed by atoms with Crippen LogP contribution in [0.3, 0.4) is 0 Å². The van der Waals surface area contributed by atoms with Gasteiger partial charge in [0, 0.05) is 49.5 Å². The van der Waals surface area contributed by atoms with E-state index in [0.29, 0.717) is 24.5 Å². The highest BCUT2D eigenvalue weighted by molar-refractivity contribution is 7.80. The first kappa shape index (κ1) is 26.5. The first-order valence-corrected chi connectivity index (χ1v) is 12.7. The number of nitrogens with one attached hydrogen (secondary N) is 2. The van der Waals surface area contributed by atoms with Gasteiger partial charge < -0.3 is 19.9 Å². The van der Waals surface area contributed by atoms with Gasteiger partial charge in [-0.15, -0.1) is 0 Å². The van der Waals surface area contributed by atoms with E-state index in [2.05, 4.69) is 36.3 Å². The van der Waals surface area contributed by atoms with E-state index in [-0.39, 0.29) is 16.9 Å². The molecule has 0 unspecified atom stereocenters. The average molecular weight is 497 g/mol. The molecule has 1 heterocycles. The van der Waals surface area contributed by atoms with Crippen LogP contribution in [0.5, 0.6) is 5.75 Å². The minimum absolute atomic E-state index is 0.239. The molecule has 1 fully saturated rings. The van der Waals surface area contributed by atoms with Crippen LogP contribution in [-0.2, 0) is 4.79 Å². The fourth-order valence-corrected chi connectivity index (χ4v) is 4.03. The van der Waals surface area contributed by atoms with Crippen molar-refractivity contribution in [1.29, 1.82) is 0 Å². The van der Waals surface area contributed by atoms with Gasteiger partial charge in [-0.2, -0.15) is 0 Å². The Kier molecular flexibility index (Phi) is 9.90. The van der Waals surface area contributed by atoms with Gasteiger partial charge in [0.25, 0.3) is 5.91 Å². The summed E-state index contributed by atoms with van der Waals surface area (Å²) in [5.41, 5.74) is 2.41. The summed E-state index contributed by atoms with van der Waals surface area (Å²) in [7, 11) is 0. The number of benzene rings is 2. The maximum atomic E-state index is 12.5. The van der Waals surface area contributed by atoms with Crippen molar-refractivity contribution in [3.63, 3.8) is 0 Å². The van der Waals surface area contributed by atoms with Crippen molar-refractivity contribution in [1.82, 2.24) is 10.2 Å². The highest BCUT2D eigenvalue weighted by atomic mass is 32.1. The van der Waals surface area contributed by atoms with Gasteiger partial charge in [0.15, 0.2) is 5.11 Å². The van der Waals surface area contributed by atoms with E-state index in [9.17, 15) is 9.59 Å². The number of ether oxygens (including phenoxy) is 1. The van der Waals surface area contributed by atoms with Gasteiger partial charge in [-0.25, -0.2) is 0 Å². The number of thiocarbonyl (C=S) groups is 1. The normalized spacial score (nSPS) is 13.5. The lowest BCUT2D eigenvalue weighted by atomic mass is 10.1. The Morgan fingerprint density at radius 3 is 2.26 bits per heavy atom. The average Bonchev–Trinajstić information content (AvgIpc) is 2.84. The molecule has 0 radical (unpaired) electrons. The molecule has 1 saturated heterocycles. The van der Waals surface area contributed by atoms with E-state index in [1.807, 2.05) is 29.2 Å². The van der Waals surface area contributed by atoms with E-state index in [1.165, 1.54) is 0 Å². The highest BCUT2D eigenvalue weighted by Gasteiger charge is 2.21. The zero-order chi connectivity index (χ0) is 25.2. The first-order valence-electron chi connectivity index (χ1n) is 12.3. The Labute approximate surface area is 213 Å². The monoisotopic (exact) mass is 496 g/mol. The molecular weight excluding hydrogens is 460 g/mol. The number of hydrogen-bond donors (Lipinski definition) is 2. The standard InChI is InChI=1S/C27H36N4O3S/c1-4-5-18-34-24-12-6-21(7-13-24)26(33)29-27(35)28-22-8-10-23(11-9-22)30-14-16-31(17-15-30)25(32)19-20(2)3/h6-13,20H,4-5,14-19H2,1-3H3,(H2,28,29,33,35). The fourth-order valence-electron chi connectivity index (χ4n) is 3.82. The second-order valence-corrected chi connectivity index (χ2v) is 9.56. The molecule has 2 N–H and O–H groups in total. The number of carbonyl (C=O) groups is 2. The molecule has 2 aromatic rings. The van der Waals surface area contributed by atoms with Crippen molar-refractivity contribution >= 4 is 40.5 Å². The summed E-state index contributed by atoms with van der Waals surface area (Å²) < 4.78 is 5.63. The summed E-state index contributed by atoms with van der Waals surface area (Å²) in [6.07, 6.45) is 2.68.